The maximum atomic E-state index is 4.33. The molecule has 17 heavy (non-hydrogen) atoms. The van der Waals surface area contributed by atoms with Crippen molar-refractivity contribution in [2.75, 3.05) is 0 Å². The molecule has 0 atom stereocenters. The standard InChI is InChI=1S/C14H16N2.Ir/c1-14(2,3)13-9-12(15-10-16-13)11-7-5-4-6-8-11;/h4-10H,1-3H3;. The van der Waals surface area contributed by atoms with E-state index in [-0.39, 0.29) is 25.5 Å². The third-order valence-electron chi connectivity index (χ3n) is 2.51. The summed E-state index contributed by atoms with van der Waals surface area (Å²) in [6.45, 7) is 6.47. The molecule has 1 aromatic carbocycles. The van der Waals surface area contributed by atoms with E-state index >= 15 is 0 Å². The summed E-state index contributed by atoms with van der Waals surface area (Å²) in [4.78, 5) is 8.64. The molecule has 0 saturated carbocycles. The van der Waals surface area contributed by atoms with Crippen LogP contribution in [-0.2, 0) is 25.5 Å². The maximum absolute atomic E-state index is 4.33. The summed E-state index contributed by atoms with van der Waals surface area (Å²) in [5, 5.41) is 0. The molecule has 2 nitrogen and oxygen atoms in total. The second-order valence-electron chi connectivity index (χ2n) is 4.90. The van der Waals surface area contributed by atoms with Gasteiger partial charge in [0.25, 0.3) is 0 Å². The summed E-state index contributed by atoms with van der Waals surface area (Å²) in [5.74, 6) is 0. The van der Waals surface area contributed by atoms with Gasteiger partial charge in [-0.25, -0.2) is 9.97 Å². The fraction of sp³-hybridized carbons (Fsp3) is 0.286. The fourth-order valence-electron chi connectivity index (χ4n) is 1.53. The first-order valence-electron chi connectivity index (χ1n) is 5.45. The van der Waals surface area contributed by atoms with Crippen molar-refractivity contribution in [2.24, 2.45) is 0 Å². The van der Waals surface area contributed by atoms with E-state index in [0.717, 1.165) is 17.0 Å². The van der Waals surface area contributed by atoms with Crippen molar-refractivity contribution in [1.29, 1.82) is 0 Å². The molecule has 0 unspecified atom stereocenters. The molecular weight excluding hydrogens is 388 g/mol. The monoisotopic (exact) mass is 405 g/mol. The Morgan fingerprint density at radius 3 is 2.18 bits per heavy atom. The van der Waals surface area contributed by atoms with E-state index in [4.69, 9.17) is 0 Å². The molecule has 91 valence electrons. The van der Waals surface area contributed by atoms with Crippen LogP contribution in [0.1, 0.15) is 26.5 Å². The topological polar surface area (TPSA) is 25.8 Å². The predicted octanol–water partition coefficient (Wildman–Crippen LogP) is 3.44. The predicted molar refractivity (Wildman–Crippen MR) is 66.2 cm³/mol. The van der Waals surface area contributed by atoms with Crippen LogP contribution in [0.4, 0.5) is 0 Å². The van der Waals surface area contributed by atoms with Gasteiger partial charge in [0.15, 0.2) is 0 Å². The first-order valence-corrected chi connectivity index (χ1v) is 5.45. The second-order valence-corrected chi connectivity index (χ2v) is 4.90. The minimum Gasteiger partial charge on any atom is -0.241 e. The van der Waals surface area contributed by atoms with Gasteiger partial charge >= 0.3 is 0 Å². The van der Waals surface area contributed by atoms with E-state index in [1.165, 1.54) is 0 Å². The number of aromatic nitrogens is 2. The molecule has 1 heterocycles. The summed E-state index contributed by atoms with van der Waals surface area (Å²) < 4.78 is 0. The molecule has 0 fully saturated rings. The zero-order valence-electron chi connectivity index (χ0n) is 10.3. The van der Waals surface area contributed by atoms with Crippen molar-refractivity contribution < 1.29 is 20.1 Å². The van der Waals surface area contributed by atoms with E-state index in [0.29, 0.717) is 0 Å². The Morgan fingerprint density at radius 2 is 1.59 bits per heavy atom. The Morgan fingerprint density at radius 1 is 0.941 bits per heavy atom. The summed E-state index contributed by atoms with van der Waals surface area (Å²) >= 11 is 0. The van der Waals surface area contributed by atoms with Gasteiger partial charge in [-0.05, 0) is 6.07 Å². The van der Waals surface area contributed by atoms with Crippen LogP contribution in [0, 0.1) is 0 Å². The molecule has 0 aliphatic carbocycles. The van der Waals surface area contributed by atoms with E-state index in [1.807, 2.05) is 18.2 Å². The zero-order chi connectivity index (χ0) is 11.6. The van der Waals surface area contributed by atoms with Gasteiger partial charge in [-0.3, -0.25) is 0 Å². The van der Waals surface area contributed by atoms with E-state index in [1.54, 1.807) is 6.33 Å². The Labute approximate surface area is 116 Å². The van der Waals surface area contributed by atoms with Crippen molar-refractivity contribution >= 4 is 0 Å². The molecule has 0 N–H and O–H groups in total. The van der Waals surface area contributed by atoms with Gasteiger partial charge in [-0.2, -0.15) is 0 Å². The third-order valence-corrected chi connectivity index (χ3v) is 2.51. The normalized spacial score (nSPS) is 10.8. The first-order chi connectivity index (χ1) is 7.57. The van der Waals surface area contributed by atoms with Crippen LogP contribution in [-0.4, -0.2) is 9.97 Å². The van der Waals surface area contributed by atoms with Crippen LogP contribution in [0.3, 0.4) is 0 Å². The summed E-state index contributed by atoms with van der Waals surface area (Å²) in [6.07, 6.45) is 1.64. The molecule has 3 heteroatoms. The molecular formula is C14H16IrN2. The summed E-state index contributed by atoms with van der Waals surface area (Å²) in [5.41, 5.74) is 3.25. The summed E-state index contributed by atoms with van der Waals surface area (Å²) in [7, 11) is 0. The van der Waals surface area contributed by atoms with Gasteiger partial charge in [0.1, 0.15) is 6.33 Å². The van der Waals surface area contributed by atoms with Crippen LogP contribution < -0.4 is 0 Å². The molecule has 1 radical (unpaired) electrons. The van der Waals surface area contributed by atoms with Crippen LogP contribution >= 0.6 is 0 Å². The quantitative estimate of drug-likeness (QED) is 0.728. The van der Waals surface area contributed by atoms with Crippen molar-refractivity contribution in [3.63, 3.8) is 0 Å². The van der Waals surface area contributed by atoms with Crippen molar-refractivity contribution in [1.82, 2.24) is 9.97 Å². The van der Waals surface area contributed by atoms with E-state index in [9.17, 15) is 0 Å². The number of hydrogen-bond acceptors (Lipinski definition) is 2. The average molecular weight is 405 g/mol. The van der Waals surface area contributed by atoms with Crippen molar-refractivity contribution in [3.8, 4) is 11.3 Å². The molecule has 0 bridgehead atoms. The van der Waals surface area contributed by atoms with Crippen molar-refractivity contribution in [3.05, 3.63) is 48.4 Å². The first kappa shape index (κ1) is 14.0. The second kappa shape index (κ2) is 5.52. The Balaban J connectivity index is 0.00000144. The van der Waals surface area contributed by atoms with E-state index < -0.39 is 0 Å². The SMILES string of the molecule is CC(C)(C)c1cc(-c2ccccc2)ncn1.[Ir]. The Kier molecular flexibility index (Phi) is 4.55. The maximum Gasteiger partial charge on any atom is 0.116 e. The van der Waals surface area contributed by atoms with Crippen LogP contribution in [0.15, 0.2) is 42.7 Å². The van der Waals surface area contributed by atoms with Crippen molar-refractivity contribution in [2.45, 2.75) is 26.2 Å². The summed E-state index contributed by atoms with van der Waals surface area (Å²) in [6, 6.07) is 12.2. The zero-order valence-corrected chi connectivity index (χ0v) is 12.7. The van der Waals surface area contributed by atoms with Gasteiger partial charge < -0.3 is 0 Å². The molecule has 0 aliphatic rings. The third kappa shape index (κ3) is 3.45. The van der Waals surface area contributed by atoms with Gasteiger partial charge in [-0.15, -0.1) is 0 Å². The van der Waals surface area contributed by atoms with Gasteiger partial charge in [-0.1, -0.05) is 51.1 Å². The minimum atomic E-state index is 0. The minimum absolute atomic E-state index is 0. The van der Waals surface area contributed by atoms with Gasteiger partial charge in [0, 0.05) is 36.8 Å². The molecule has 0 aliphatic heterocycles. The number of rotatable bonds is 1. The van der Waals surface area contributed by atoms with E-state index in [2.05, 4.69) is 48.9 Å². The van der Waals surface area contributed by atoms with Gasteiger partial charge in [0.2, 0.25) is 0 Å². The number of nitrogens with zero attached hydrogens (tertiary/aromatic N) is 2. The molecule has 1 aromatic heterocycles. The molecule has 0 amide bonds. The van der Waals surface area contributed by atoms with Crippen LogP contribution in [0.2, 0.25) is 0 Å². The average Bonchev–Trinajstić information content (AvgIpc) is 2.29. The van der Waals surface area contributed by atoms with Gasteiger partial charge in [0.05, 0.1) is 5.69 Å². The number of benzene rings is 1. The number of hydrogen-bond donors (Lipinski definition) is 0. The smallest absolute Gasteiger partial charge is 0.116 e. The molecule has 2 aromatic rings. The molecule has 0 spiro atoms. The fourth-order valence-corrected chi connectivity index (χ4v) is 1.53. The largest absolute Gasteiger partial charge is 0.241 e. The Hall–Kier alpha value is -1.05. The molecule has 0 saturated heterocycles. The molecule has 2 rings (SSSR count). The van der Waals surface area contributed by atoms with Crippen LogP contribution in [0.25, 0.3) is 11.3 Å². The Bertz CT molecular complexity index is 475. The van der Waals surface area contributed by atoms with Crippen LogP contribution in [0.5, 0.6) is 0 Å².